The molecule has 40 nitrogen and oxygen atoms in total. The third kappa shape index (κ3) is 22.4. The molecule has 42 heteroatoms. The van der Waals surface area contributed by atoms with E-state index in [1.165, 1.54) is 58.2 Å². The molecule has 0 radical (unpaired) electrons. The summed E-state index contributed by atoms with van der Waals surface area (Å²) < 4.78 is 57.2. The smallest absolute Gasteiger partial charge is 0.330 e. The highest BCUT2D eigenvalue weighted by atomic mass is 35.5. The van der Waals surface area contributed by atoms with E-state index in [9.17, 15) is 85.3 Å². The van der Waals surface area contributed by atoms with Crippen molar-refractivity contribution in [3.63, 3.8) is 0 Å². The maximum atomic E-state index is 16.0. The van der Waals surface area contributed by atoms with E-state index in [2.05, 4.69) is 47.4 Å². The number of amides is 7. The van der Waals surface area contributed by atoms with Crippen molar-refractivity contribution in [3.8, 4) is 57.1 Å². The molecule has 0 aliphatic carbocycles. The Labute approximate surface area is 737 Å². The number of carboxylic acids is 1. The Kier molecular flexibility index (Phi) is 31.3. The van der Waals surface area contributed by atoms with Gasteiger partial charge in [-0.2, -0.15) is 0 Å². The summed E-state index contributed by atoms with van der Waals surface area (Å²) in [5.74, 6) is -14.5. The van der Waals surface area contributed by atoms with E-state index >= 15 is 14.4 Å². The van der Waals surface area contributed by atoms with Crippen LogP contribution in [0.2, 0.25) is 10.0 Å². The SMILES string of the molecule is CN[C@H](CC(C)C)C(=O)NC1C(=O)NC(CC(N)=O)C(=O)N[C@H]2C(=O)NC(C)c3ccc(O)c(c3)-c3c(O)cc(O)cc3C(C(=O)O)NC(=O)[C@@H](NC=O)[C@H](O[C@H]3C[C@](C)(N)[C@@H](O)[C@H](C)O3)c3ccc(c(Cl)c3)Oc3cc2cc(c3O[C@@H]2O[C@H](CO)[C@@H](O[C@@H]3O[C@H](CNCC4CN(Cc5ccccc5)CCO4)[C@H](O)[C@H](O)[C@H]3O)[C@H](O)[C@H]2O)Oc2ccc(cc2Cl)[C@H]1O. The van der Waals surface area contributed by atoms with Gasteiger partial charge in [0.15, 0.2) is 30.1 Å². The molecule has 24 N–H and O–H groups in total. The zero-order chi connectivity index (χ0) is 91.9. The summed E-state index contributed by atoms with van der Waals surface area (Å²) in [6.07, 6.45) is -28.9. The molecule has 8 heterocycles. The van der Waals surface area contributed by atoms with Gasteiger partial charge in [0.25, 0.3) is 0 Å². The fourth-order valence-corrected chi connectivity index (χ4v) is 16.5. The number of aliphatic hydroxyl groups is 8. The molecule has 5 unspecified atom stereocenters. The fraction of sp³-hybridized carbons (Fsp3) is 0.482. The number of carbonyl (C=O) groups is 8. The third-order valence-electron chi connectivity index (χ3n) is 22.8. The fourth-order valence-electron chi connectivity index (χ4n) is 16.1. The van der Waals surface area contributed by atoms with Gasteiger partial charge in [0, 0.05) is 67.4 Å². The van der Waals surface area contributed by atoms with Gasteiger partial charge in [-0.25, -0.2) is 4.79 Å². The largest absolute Gasteiger partial charge is 0.508 e. The summed E-state index contributed by atoms with van der Waals surface area (Å²) in [4.78, 5) is 118. The van der Waals surface area contributed by atoms with Crippen LogP contribution in [0.5, 0.6) is 46.0 Å². The number of aromatic hydroxyl groups is 3. The van der Waals surface area contributed by atoms with E-state index in [-0.39, 0.29) is 66.8 Å². The number of phenols is 3. The molecule has 8 aliphatic rings. The Balaban J connectivity index is 1.01. The van der Waals surface area contributed by atoms with Crippen molar-refractivity contribution in [2.45, 2.75) is 206 Å². The molecule has 8 aliphatic heterocycles. The van der Waals surface area contributed by atoms with Crippen LogP contribution in [0.25, 0.3) is 11.1 Å². The quantitative estimate of drug-likeness (QED) is 0.0377. The van der Waals surface area contributed by atoms with Gasteiger partial charge < -0.3 is 158 Å². The summed E-state index contributed by atoms with van der Waals surface area (Å²) >= 11 is 14.5. The number of primary amides is 1. The number of nitrogens with two attached hydrogens (primary N) is 2. The number of hydrogen-bond donors (Lipinski definition) is 22. The zero-order valence-electron chi connectivity index (χ0n) is 69.6. The zero-order valence-corrected chi connectivity index (χ0v) is 71.1. The Morgan fingerprint density at radius 1 is 0.701 bits per heavy atom. The van der Waals surface area contributed by atoms with Crippen LogP contribution in [0.15, 0.2) is 109 Å². The number of carbonyl (C=O) groups excluding carboxylic acids is 7. The number of aliphatic carboxylic acids is 1. The van der Waals surface area contributed by atoms with E-state index in [1.807, 2.05) is 44.2 Å². The summed E-state index contributed by atoms with van der Waals surface area (Å²) in [6, 6.07) is 10.9. The average molecular weight is 1820 g/mol. The minimum Gasteiger partial charge on any atom is -0.508 e. The molecule has 0 aromatic heterocycles. The lowest BCUT2D eigenvalue weighted by molar-refractivity contribution is -0.350. The topological polar surface area (TPSA) is 614 Å². The maximum Gasteiger partial charge on any atom is 0.330 e. The van der Waals surface area contributed by atoms with Gasteiger partial charge in [-0.3, -0.25) is 38.5 Å². The van der Waals surface area contributed by atoms with Crippen LogP contribution in [0.3, 0.4) is 0 Å². The van der Waals surface area contributed by atoms with E-state index in [1.54, 1.807) is 0 Å². The molecule has 0 spiro atoms. The second kappa shape index (κ2) is 41.4. The lowest BCUT2D eigenvalue weighted by atomic mass is 9.86. The second-order valence-corrected chi connectivity index (χ2v) is 33.6. The molecule has 688 valence electrons. The molecule has 0 saturated carbocycles. The number of nitrogens with one attached hydrogen (secondary N) is 8. The number of ether oxygens (including phenoxy) is 9. The van der Waals surface area contributed by atoms with Crippen molar-refractivity contribution in [2.75, 3.05) is 46.4 Å². The van der Waals surface area contributed by atoms with Gasteiger partial charge in [-0.1, -0.05) is 85.6 Å². The number of morpholine rings is 1. The normalized spacial score (nSPS) is 30.6. The van der Waals surface area contributed by atoms with Gasteiger partial charge in [0.2, 0.25) is 53.9 Å². The number of phenolic OH excluding ortho intramolecular Hbond substituents is 3. The van der Waals surface area contributed by atoms with E-state index in [0.717, 1.165) is 54.1 Å². The number of rotatable bonds is 23. The molecule has 6 aromatic carbocycles. The Hall–Kier alpha value is -10.3. The number of aliphatic hydroxyl groups excluding tert-OH is 8. The van der Waals surface area contributed by atoms with Crippen molar-refractivity contribution < 1.29 is 142 Å². The van der Waals surface area contributed by atoms with Crippen LogP contribution in [-0.2, 0) is 73.3 Å². The average Bonchev–Trinajstić information content (AvgIpc) is 0.771. The molecule has 7 amide bonds. The lowest BCUT2D eigenvalue weighted by Gasteiger charge is -2.46. The molecule has 6 aromatic rings. The lowest BCUT2D eigenvalue weighted by Crippen LogP contribution is -2.65. The van der Waals surface area contributed by atoms with Crippen LogP contribution in [-0.4, -0.2) is 276 Å². The van der Waals surface area contributed by atoms with Crippen molar-refractivity contribution in [1.29, 1.82) is 0 Å². The van der Waals surface area contributed by atoms with Gasteiger partial charge >= 0.3 is 5.97 Å². The summed E-state index contributed by atoms with van der Waals surface area (Å²) in [5, 5.41) is 160. The predicted molar refractivity (Wildman–Crippen MR) is 446 cm³/mol. The molecule has 4 fully saturated rings. The van der Waals surface area contributed by atoms with Crippen LogP contribution in [0.1, 0.15) is 118 Å². The minimum absolute atomic E-state index is 0.00470. The molecular formula is C85H105Cl2N11O29. The molecule has 127 heavy (non-hydrogen) atoms. The molecular weight excluding hydrogens is 1710 g/mol. The van der Waals surface area contributed by atoms with E-state index in [0.29, 0.717) is 26.2 Å². The number of benzene rings is 6. The van der Waals surface area contributed by atoms with Gasteiger partial charge in [0.05, 0.1) is 60.1 Å². The molecule has 4 saturated heterocycles. The number of hydrogen-bond acceptors (Lipinski definition) is 32. The summed E-state index contributed by atoms with van der Waals surface area (Å²) in [7, 11) is 1.48. The van der Waals surface area contributed by atoms with Crippen LogP contribution in [0, 0.1) is 5.92 Å². The number of halogens is 2. The third-order valence-corrected chi connectivity index (χ3v) is 23.4. The van der Waals surface area contributed by atoms with Crippen molar-refractivity contribution in [3.05, 3.63) is 153 Å². The van der Waals surface area contributed by atoms with Gasteiger partial charge in [-0.05, 0) is 123 Å². The Bertz CT molecular complexity index is 4970. The first-order chi connectivity index (χ1) is 60.3. The predicted octanol–water partition coefficient (Wildman–Crippen LogP) is 0.0648. The monoisotopic (exact) mass is 1810 g/mol. The van der Waals surface area contributed by atoms with Gasteiger partial charge in [-0.15, -0.1) is 0 Å². The van der Waals surface area contributed by atoms with Crippen LogP contribution < -0.4 is 68.2 Å². The van der Waals surface area contributed by atoms with E-state index < -0.39 is 267 Å². The highest BCUT2D eigenvalue weighted by Crippen LogP contribution is 2.50. The number of likely N-dealkylation sites (N-methyl/N-ethyl adjacent to an activating group) is 1. The minimum atomic E-state index is -2.36. The maximum absolute atomic E-state index is 16.0. The van der Waals surface area contributed by atoms with Crippen molar-refractivity contribution in [1.82, 2.24) is 47.4 Å². The summed E-state index contributed by atoms with van der Waals surface area (Å²) in [6.45, 7) is 9.23. The number of fused-ring (bicyclic) bond motifs is 16. The highest BCUT2D eigenvalue weighted by molar-refractivity contribution is 6.32. The second-order valence-electron chi connectivity index (χ2n) is 32.8. The Morgan fingerprint density at radius 3 is 1.99 bits per heavy atom. The van der Waals surface area contributed by atoms with Crippen molar-refractivity contribution in [2.24, 2.45) is 17.4 Å². The molecule has 14 rings (SSSR count). The van der Waals surface area contributed by atoms with Crippen LogP contribution in [0.4, 0.5) is 0 Å². The summed E-state index contributed by atoms with van der Waals surface area (Å²) in [5.41, 5.74) is 9.71. The van der Waals surface area contributed by atoms with Gasteiger partial charge in [0.1, 0.15) is 114 Å². The van der Waals surface area contributed by atoms with Crippen molar-refractivity contribution >= 4 is 71.0 Å². The number of nitrogens with zero attached hydrogens (tertiary/aromatic N) is 1. The first kappa shape index (κ1) is 95.8. The van der Waals surface area contributed by atoms with E-state index in [4.69, 9.17) is 77.3 Å². The number of carboxylic acid groups (broad SMARTS) is 1. The first-order valence-electron chi connectivity index (χ1n) is 40.9. The molecule has 9 bridgehead atoms. The molecule has 24 atom stereocenters. The standard InChI is InChI=1S/C85H105Cl2N11O29/c1-36(2)20-50(90-6)77(112)97-65-67(105)41-13-16-54(48(86)22-41)121-56-24-43-25-57(74(56)126-84-72(110)70(108)75(59(34-99)124-84)127-83-71(109)69(107)68(106)58(123-83)31-91-30-45-33-98(18-19-119-45)32-39-10-8-7-9-11-39)122-55-17-14-42(23-49(55)87)73(125-61-29-85(5,89)76(111)38(4)120-61)66(92-35-100)81(116)96-64(82(117)118)47-26-44(101)27-53(103)62(47)46-21-40(12-15-52(46)102)37(3)93-79(114)63(43)95-78(113)51(28-60(88)104)94-80(65)115/h7-17,21-27,35-38,45,50-51,58-59,61,63-73,75-76,83-84,90-91,99,101-103,105-111H,18-20,28-34,89H2,1-6H3,(H2,88,104)(H,92,100)(H,93,114)(H,94,115)(H,95,113)(H,96,116)(H,97,112)(H,117,118)/t37?,38-,45?,50+,51?,58+,59+,61-,63+,64?,65?,66-,67+,68-,69-,70+,71+,72+,73+,75+,76-,83-,84-,85-/m0/s1. The Morgan fingerprint density at radius 2 is 1.35 bits per heavy atom. The van der Waals surface area contributed by atoms with Crippen LogP contribution >= 0.6 is 23.2 Å². The first-order valence-corrected chi connectivity index (χ1v) is 41.7. The highest BCUT2D eigenvalue weighted by Gasteiger charge is 2.53.